The predicted octanol–water partition coefficient (Wildman–Crippen LogP) is 15.4. The summed E-state index contributed by atoms with van der Waals surface area (Å²) in [6, 6.07) is 72.8. The highest BCUT2D eigenvalue weighted by molar-refractivity contribution is 7.00. The first-order valence-electron chi connectivity index (χ1n) is 33.3. The van der Waals surface area contributed by atoms with Gasteiger partial charge in [-0.25, -0.2) is 18.4 Å². The highest BCUT2D eigenvalue weighted by atomic mass is 28.4. The molecular formula is C82H96F2O12Si2. The minimum absolute atomic E-state index is 0.0281. The third kappa shape index (κ3) is 21.8. The number of ether oxygens (including phenoxy) is 6. The molecule has 12 nitrogen and oxygen atoms in total. The largest absolute Gasteiger partial charge is 0.497 e. The number of aliphatic hydroxyl groups excluding tert-OH is 2. The number of esters is 2. The molecule has 8 aromatic rings. The first-order chi connectivity index (χ1) is 47.1. The molecular weight excluding hydrogens is 1270 g/mol. The molecule has 0 saturated carbocycles. The smallest absolute Gasteiger partial charge is 0.339 e. The average molecular weight is 1370 g/mol. The number of carbonyl (C=O) groups excluding carboxylic acids is 2. The molecule has 0 saturated heterocycles. The van der Waals surface area contributed by atoms with Crippen LogP contribution in [0.1, 0.15) is 113 Å². The Balaban J connectivity index is 0.000000276. The number of hydrogen-bond donors (Lipinski definition) is 2. The van der Waals surface area contributed by atoms with E-state index in [-0.39, 0.29) is 41.2 Å². The molecule has 0 radical (unpaired) electrons. The molecule has 8 rings (SSSR count). The maximum Gasteiger partial charge on any atom is 0.339 e. The van der Waals surface area contributed by atoms with E-state index in [9.17, 15) is 19.8 Å². The summed E-state index contributed by atoms with van der Waals surface area (Å²) in [5.74, 6) is -1.34. The summed E-state index contributed by atoms with van der Waals surface area (Å²) in [5, 5.41) is 26.7. The van der Waals surface area contributed by atoms with Crippen LogP contribution in [-0.2, 0) is 41.0 Å². The van der Waals surface area contributed by atoms with Crippen LogP contribution < -0.4 is 30.2 Å². The molecule has 0 aliphatic carbocycles. The second-order valence-corrected chi connectivity index (χ2v) is 34.7. The third-order valence-corrected chi connectivity index (χ3v) is 27.0. The lowest BCUT2D eigenvalue weighted by Gasteiger charge is -2.43. The average Bonchev–Trinajstić information content (AvgIpc) is 0.756. The Labute approximate surface area is 580 Å². The van der Waals surface area contributed by atoms with Crippen molar-refractivity contribution < 1.29 is 65.9 Å². The Hall–Kier alpha value is -8.43. The number of carbonyl (C=O) groups is 2. The fourth-order valence-corrected chi connectivity index (χ4v) is 20.7. The van der Waals surface area contributed by atoms with E-state index in [0.29, 0.717) is 38.2 Å². The van der Waals surface area contributed by atoms with Crippen LogP contribution in [0.3, 0.4) is 0 Å². The van der Waals surface area contributed by atoms with Crippen molar-refractivity contribution in [3.8, 4) is 11.5 Å². The Morgan fingerprint density at radius 2 is 0.816 bits per heavy atom. The van der Waals surface area contributed by atoms with Gasteiger partial charge in [-0.2, -0.15) is 0 Å². The van der Waals surface area contributed by atoms with E-state index >= 15 is 8.78 Å². The van der Waals surface area contributed by atoms with Gasteiger partial charge in [0.25, 0.3) is 16.6 Å². The SMILES string of the molecule is COc1ccc(CO[C@H](C)C/C=C(/F)C(/C=C\CCO[Si](c2ccccc2)(c2ccccc2)C(C)(C)C)OC(=O)c2ccccc2)cc1.COc1ccc(CO[C@H](C)C/C=C(/F)C(OC(=O)c2ccccc2)C(O)C(O)CCO[Si](c2ccccc2)(c2ccccc2)C(C)(C)C)cc1. The molecule has 2 N–H and O–H groups in total. The molecule has 98 heavy (non-hydrogen) atoms. The fourth-order valence-electron chi connectivity index (χ4n) is 11.6. The summed E-state index contributed by atoms with van der Waals surface area (Å²) in [5.41, 5.74) is 2.47. The Bertz CT molecular complexity index is 3640. The number of halogens is 2. The molecule has 0 aliphatic heterocycles. The van der Waals surface area contributed by atoms with Crippen molar-refractivity contribution >= 4 is 49.3 Å². The molecule has 0 fully saturated rings. The lowest BCUT2D eigenvalue weighted by Crippen LogP contribution is -2.66. The topological polar surface area (TPSA) is 148 Å². The zero-order valence-corrected chi connectivity index (χ0v) is 60.1. The second kappa shape index (κ2) is 38.1. The summed E-state index contributed by atoms with van der Waals surface area (Å²) in [7, 11) is -2.40. The van der Waals surface area contributed by atoms with Gasteiger partial charge in [0.15, 0.2) is 12.2 Å². The number of methoxy groups -OCH3 is 2. The van der Waals surface area contributed by atoms with Crippen molar-refractivity contribution in [2.24, 2.45) is 0 Å². The predicted molar refractivity (Wildman–Crippen MR) is 391 cm³/mol. The van der Waals surface area contributed by atoms with Crippen molar-refractivity contribution in [1.82, 2.24) is 0 Å². The van der Waals surface area contributed by atoms with Crippen LogP contribution in [0.25, 0.3) is 0 Å². The molecule has 0 heterocycles. The Kier molecular flexibility index (Phi) is 29.9. The summed E-state index contributed by atoms with van der Waals surface area (Å²) >= 11 is 0. The zero-order valence-electron chi connectivity index (χ0n) is 58.1. The highest BCUT2D eigenvalue weighted by Crippen LogP contribution is 2.38. The van der Waals surface area contributed by atoms with Crippen LogP contribution in [0.15, 0.2) is 266 Å². The van der Waals surface area contributed by atoms with Gasteiger partial charge in [-0.15, -0.1) is 0 Å². The standard InChI is InChI=1S/C41H49FO7Si.C41H47FO5Si/c1-30(47-29-31-22-24-33(46-5)25-23-31)21-26-36(42)39(49-40(45)32-15-9-6-10-16-32)38(44)37(43)27-28-48-50(41(2,3)4,34-17-11-7-12-18-34)35-19-13-8-14-20-35;1-32(45-31-33-25-27-35(44-5)28-26-33)24-29-38(42)39(47-40(43)34-17-9-6-10-18-34)23-15-16-30-46-48(41(2,3)4,36-19-11-7-12-20-36)37-21-13-8-14-22-37/h6-20,22-26,30,37-39,43-44H,21,27-29H2,1-5H3;6-15,17-23,25-29,32,39H,16,24,30-31H2,1-5H3/b36-26+;23-15-,38-29+/t30-,37?,38?,39?;32-,39?/m11/s1. The Morgan fingerprint density at radius 3 is 1.18 bits per heavy atom. The molecule has 4 unspecified atom stereocenters. The number of aliphatic hydroxyl groups is 2. The van der Waals surface area contributed by atoms with Gasteiger partial charge < -0.3 is 47.5 Å². The lowest BCUT2D eigenvalue weighted by atomic mass is 10.0. The van der Waals surface area contributed by atoms with Crippen molar-refractivity contribution in [2.45, 2.75) is 141 Å². The summed E-state index contributed by atoms with van der Waals surface area (Å²) in [4.78, 5) is 26.0. The first-order valence-corrected chi connectivity index (χ1v) is 37.2. The van der Waals surface area contributed by atoms with E-state index < -0.39 is 70.7 Å². The molecule has 6 atom stereocenters. The van der Waals surface area contributed by atoms with Crippen LogP contribution in [0.2, 0.25) is 10.1 Å². The van der Waals surface area contributed by atoms with Crippen LogP contribution in [-0.4, -0.2) is 103 Å². The molecule has 16 heteroatoms. The van der Waals surface area contributed by atoms with Crippen LogP contribution in [0, 0.1) is 0 Å². The zero-order chi connectivity index (χ0) is 70.6. The van der Waals surface area contributed by atoms with Crippen molar-refractivity contribution in [1.29, 1.82) is 0 Å². The van der Waals surface area contributed by atoms with Gasteiger partial charge in [0.2, 0.25) is 0 Å². The van der Waals surface area contributed by atoms with Gasteiger partial charge >= 0.3 is 11.9 Å². The van der Waals surface area contributed by atoms with Crippen LogP contribution in [0.4, 0.5) is 8.78 Å². The Morgan fingerprint density at radius 1 is 0.469 bits per heavy atom. The van der Waals surface area contributed by atoms with E-state index in [1.54, 1.807) is 69.7 Å². The third-order valence-electron chi connectivity index (χ3n) is 16.9. The molecule has 0 bridgehead atoms. The minimum atomic E-state index is -2.92. The normalized spacial score (nSPS) is 14.2. The number of rotatable bonds is 33. The molecule has 0 aromatic heterocycles. The van der Waals surface area contributed by atoms with Crippen LogP contribution >= 0.6 is 0 Å². The molecule has 0 aliphatic rings. The van der Waals surface area contributed by atoms with Crippen molar-refractivity contribution in [3.63, 3.8) is 0 Å². The monoisotopic (exact) mass is 1370 g/mol. The molecule has 0 spiro atoms. The second-order valence-electron chi connectivity index (χ2n) is 26.1. The maximum absolute atomic E-state index is 15.9. The van der Waals surface area contributed by atoms with Gasteiger partial charge in [0.1, 0.15) is 29.3 Å². The summed E-state index contributed by atoms with van der Waals surface area (Å²) in [6.07, 6.45) is 0.220. The molecule has 8 aromatic carbocycles. The van der Waals surface area contributed by atoms with Gasteiger partial charge in [0.05, 0.1) is 56.9 Å². The van der Waals surface area contributed by atoms with Crippen LogP contribution in [0.5, 0.6) is 11.5 Å². The van der Waals surface area contributed by atoms with E-state index in [4.69, 9.17) is 37.3 Å². The van der Waals surface area contributed by atoms with E-state index in [2.05, 4.69) is 114 Å². The number of hydrogen-bond acceptors (Lipinski definition) is 12. The van der Waals surface area contributed by atoms with E-state index in [1.807, 2.05) is 116 Å². The first kappa shape index (κ1) is 76.9. The minimum Gasteiger partial charge on any atom is -0.497 e. The van der Waals surface area contributed by atoms with Crippen molar-refractivity contribution in [3.05, 3.63) is 289 Å². The summed E-state index contributed by atoms with van der Waals surface area (Å²) < 4.78 is 78.8. The van der Waals surface area contributed by atoms with Gasteiger partial charge in [-0.05, 0) is 148 Å². The maximum atomic E-state index is 15.9. The van der Waals surface area contributed by atoms with E-state index in [0.717, 1.165) is 33.0 Å². The quantitative estimate of drug-likeness (QED) is 0.0175. The van der Waals surface area contributed by atoms with E-state index in [1.165, 1.54) is 34.7 Å². The number of benzene rings is 8. The fraction of sp³-hybridized carbons (Fsp3) is 0.317. The van der Waals surface area contributed by atoms with Crippen molar-refractivity contribution in [2.75, 3.05) is 27.4 Å². The summed E-state index contributed by atoms with van der Waals surface area (Å²) in [6.45, 7) is 18.0. The van der Waals surface area contributed by atoms with Gasteiger partial charge in [-0.1, -0.05) is 230 Å². The highest BCUT2D eigenvalue weighted by Gasteiger charge is 2.51. The van der Waals surface area contributed by atoms with Gasteiger partial charge in [-0.3, -0.25) is 0 Å². The lowest BCUT2D eigenvalue weighted by molar-refractivity contribution is -0.0684. The molecule has 0 amide bonds. The van der Waals surface area contributed by atoms with Gasteiger partial charge in [0, 0.05) is 13.2 Å². The molecule has 518 valence electrons.